The molecule has 0 amide bonds. The van der Waals surface area contributed by atoms with E-state index in [-0.39, 0.29) is 71.3 Å². The minimum atomic E-state index is -5.39. The first-order valence-electron chi connectivity index (χ1n) is 31.2. The van der Waals surface area contributed by atoms with Crippen LogP contribution in [-0.2, 0) is 109 Å². The van der Waals surface area contributed by atoms with Crippen molar-refractivity contribution in [2.24, 2.45) is 20.5 Å². The van der Waals surface area contributed by atoms with Gasteiger partial charge in [0.15, 0.2) is 45.1 Å². The highest BCUT2D eigenvalue weighted by atomic mass is 35.5. The van der Waals surface area contributed by atoms with Crippen molar-refractivity contribution in [1.29, 1.82) is 0 Å². The molecule has 12 N–H and O–H groups in total. The Morgan fingerprint density at radius 1 is 0.422 bits per heavy atom. The van der Waals surface area contributed by atoms with Gasteiger partial charge in [0.1, 0.15) is 26.9 Å². The number of aromatic hydroxyl groups is 2. The summed E-state index contributed by atoms with van der Waals surface area (Å²) in [5, 5.41) is 47.8. The number of aromatic nitrogens is 6. The third-order valence-corrected chi connectivity index (χ3v) is 30.0. The maximum atomic E-state index is 13.5. The molecule has 2 aromatic heterocycles. The fraction of sp³-hybridized carbons (Fsp3) is 0.172. The van der Waals surface area contributed by atoms with Gasteiger partial charge in [0.05, 0.1) is 88.7 Å². The number of halogens is 2. The summed E-state index contributed by atoms with van der Waals surface area (Å²) in [6.07, 6.45) is 0.0808. The monoisotopic (exact) mass is 1880 g/mol. The minimum Gasteiger partial charge on any atom is -0.505 e. The largest absolute Gasteiger partial charge is 0.505 e. The lowest BCUT2D eigenvalue weighted by Crippen LogP contribution is -2.21. The molecule has 0 radical (unpaired) electrons. The predicted molar refractivity (Wildman–Crippen MR) is 415 cm³/mol. The number of nitrogens with one attached hydrogen (secondary N) is 4. The standard InChI is InChI=1S/C58H52Cl2N14O30S12/c59-53-65-55(61-33-1-9-37(10-2-33)107(77,78)21-17-103-115(97,98)99)69-57(67-53)63-43-29-41(111(85,86)87)25-31-27-45(113(91,92)93)49(51(75)47(31)43)73-71-35-5-13-39(14-6-35)109(81,82)23-19-105-106-20-24-110(83,84)40-15-7-36(8-16-40)72-74-50-46(114(94,95)96)28-32-26-42(112(88,89)90)30-44(48(32)52(50)76)64-58-68-54(60)66-56(70-58)62-34-3-11-38(12-4-34)108(79,80)22-18-104-116(100,101)102/h1-16,25-29,44,75-76H,17-24,30H2,(H,85,86,87)(H,88,89,90)(H,91,92,93)(H,94,95,96)(H,97,98,99)(H,100,101,102)(H2,61,63,65,67,69)(H2,62,64,66,68,70)/b73-71?,74-72+. The maximum absolute atomic E-state index is 13.5. The molecule has 1 aliphatic carbocycles. The van der Waals surface area contributed by atoms with Crippen molar-refractivity contribution >= 4 is 226 Å². The Hall–Kier alpha value is -8.98. The second-order valence-corrected chi connectivity index (χ2v) is 43.0. The molecule has 0 aliphatic heterocycles. The molecule has 10 rings (SSSR count). The lowest BCUT2D eigenvalue weighted by molar-refractivity contribution is 0.282. The summed E-state index contributed by atoms with van der Waals surface area (Å²) in [4.78, 5) is 19.0. The SMILES string of the molecule is O=S(=O)(O)OCCS(=O)(=O)c1ccc(Nc2nc(Cl)nc(Nc3cc(S(=O)(=O)O)cc4cc(S(=O)(=O)O)c(N=Nc5ccc(S(=O)(=O)CCSSCCS(=O)(=O)c6ccc(/N=N/c7c(S(=O)(=O)O)cc8c(c7O)C(Nc7nc(Cl)nc(Nc9ccc(S(=O)(=O)CCOS(=O)(=O)O)cc9)n7)CC(S(=O)(=O)O)=C8)cc6)cc5)c(O)c34)n2)cc1. The number of nitrogens with zero attached hydrogens (tertiary/aromatic N) is 10. The Labute approximate surface area is 675 Å². The van der Waals surface area contributed by atoms with E-state index in [0.717, 1.165) is 107 Å². The Morgan fingerprint density at radius 2 is 0.810 bits per heavy atom. The number of fused-ring (bicyclic) bond motifs is 2. The lowest BCUT2D eigenvalue weighted by atomic mass is 9.91. The fourth-order valence-electron chi connectivity index (χ4n) is 10.3. The molecule has 0 fully saturated rings. The van der Waals surface area contributed by atoms with Crippen LogP contribution in [0.15, 0.2) is 181 Å². The fourth-order valence-corrected chi connectivity index (χ4v) is 22.1. The summed E-state index contributed by atoms with van der Waals surface area (Å²) in [5.41, 5.74) is -3.19. The second kappa shape index (κ2) is 34.9. The van der Waals surface area contributed by atoms with E-state index in [1.807, 2.05) is 0 Å². The molecule has 1 aliphatic rings. The van der Waals surface area contributed by atoms with E-state index >= 15 is 0 Å². The van der Waals surface area contributed by atoms with Crippen LogP contribution >= 0.6 is 44.8 Å². The van der Waals surface area contributed by atoms with Crippen molar-refractivity contribution in [3.05, 3.63) is 148 Å². The van der Waals surface area contributed by atoms with Crippen molar-refractivity contribution in [1.82, 2.24) is 29.9 Å². The molecule has 0 saturated carbocycles. The van der Waals surface area contributed by atoms with Gasteiger partial charge >= 0.3 is 20.8 Å². The minimum absolute atomic E-state index is 0.0804. The number of rotatable bonds is 35. The molecule has 9 aromatic rings. The number of benzene rings is 7. The van der Waals surface area contributed by atoms with Crippen LogP contribution in [0.25, 0.3) is 16.8 Å². The number of hydrogen-bond acceptors (Lipinski definition) is 40. The van der Waals surface area contributed by atoms with Gasteiger partial charge in [-0.3, -0.25) is 27.3 Å². The van der Waals surface area contributed by atoms with Crippen LogP contribution in [0.4, 0.5) is 63.6 Å². The van der Waals surface area contributed by atoms with Crippen molar-refractivity contribution in [3.8, 4) is 11.5 Å². The zero-order chi connectivity index (χ0) is 85.1. The number of sulfone groups is 4. The van der Waals surface area contributed by atoms with E-state index < -0.39 is 236 Å². The van der Waals surface area contributed by atoms with Crippen LogP contribution in [0.3, 0.4) is 0 Å². The molecule has 620 valence electrons. The first-order chi connectivity index (χ1) is 53.8. The topological polar surface area (TPSA) is 697 Å². The van der Waals surface area contributed by atoms with Crippen molar-refractivity contribution in [2.75, 3.05) is 69.0 Å². The molecule has 58 heteroatoms. The third-order valence-electron chi connectivity index (χ3n) is 15.4. The Morgan fingerprint density at radius 3 is 1.22 bits per heavy atom. The zero-order valence-corrected chi connectivity index (χ0v) is 68.6. The predicted octanol–water partition coefficient (Wildman–Crippen LogP) is 8.33. The quantitative estimate of drug-likeness (QED) is 0.00768. The van der Waals surface area contributed by atoms with Gasteiger partial charge < -0.3 is 31.5 Å². The van der Waals surface area contributed by atoms with E-state index in [9.17, 15) is 113 Å². The third kappa shape index (κ3) is 23.5. The molecule has 1 unspecified atom stereocenters. The molecule has 0 bridgehead atoms. The van der Waals surface area contributed by atoms with Crippen molar-refractivity contribution < 1.29 is 130 Å². The molecule has 0 saturated heterocycles. The van der Waals surface area contributed by atoms with Crippen LogP contribution in [-0.4, -0.2) is 199 Å². The highest BCUT2D eigenvalue weighted by Gasteiger charge is 2.36. The van der Waals surface area contributed by atoms with Gasteiger partial charge in [0, 0.05) is 40.3 Å². The van der Waals surface area contributed by atoms with Crippen LogP contribution in [0, 0.1) is 0 Å². The number of phenolic OH excluding ortho intramolecular Hbond substituents is 2. The summed E-state index contributed by atoms with van der Waals surface area (Å²) in [6.45, 7) is -1.80. The Kier molecular flexibility index (Phi) is 26.9. The molecule has 116 heavy (non-hydrogen) atoms. The van der Waals surface area contributed by atoms with Crippen molar-refractivity contribution in [3.63, 3.8) is 0 Å². The Balaban J connectivity index is 0.772. The number of anilines is 7. The van der Waals surface area contributed by atoms with Gasteiger partial charge in [-0.05, 0) is 162 Å². The molecule has 7 aromatic carbocycles. The molecule has 2 heterocycles. The van der Waals surface area contributed by atoms with Gasteiger partial charge in [-0.2, -0.15) is 90.6 Å². The lowest BCUT2D eigenvalue weighted by Gasteiger charge is -2.27. The van der Waals surface area contributed by atoms with Crippen LogP contribution in [0.1, 0.15) is 23.6 Å². The van der Waals surface area contributed by atoms with Crippen LogP contribution in [0.5, 0.6) is 11.5 Å². The van der Waals surface area contributed by atoms with E-state index in [0.29, 0.717) is 18.2 Å². The highest BCUT2D eigenvalue weighted by Crippen LogP contribution is 2.49. The Bertz CT molecular complexity index is 6740. The van der Waals surface area contributed by atoms with E-state index in [1.165, 1.54) is 24.3 Å². The summed E-state index contributed by atoms with van der Waals surface area (Å²) in [6, 6.07) is 19.6. The average Bonchev–Trinajstić information content (AvgIpc) is 0.750. The highest BCUT2D eigenvalue weighted by molar-refractivity contribution is 8.76. The average molecular weight is 1880 g/mol. The maximum Gasteiger partial charge on any atom is 0.397 e. The van der Waals surface area contributed by atoms with Crippen LogP contribution < -0.4 is 21.3 Å². The van der Waals surface area contributed by atoms with Gasteiger partial charge in [-0.15, -0.1) is 10.2 Å². The number of azo groups is 2. The first kappa shape index (κ1) is 89.4. The van der Waals surface area contributed by atoms with Crippen molar-refractivity contribution in [2.45, 2.75) is 46.7 Å². The number of hydrogen-bond donors (Lipinski definition) is 12. The van der Waals surface area contributed by atoms with Gasteiger partial charge in [-0.25, -0.2) is 42.0 Å². The summed E-state index contributed by atoms with van der Waals surface area (Å²) < 4.78 is 316. The molecular formula is C58H52Cl2N14O30S12. The molecular weight excluding hydrogens is 1830 g/mol. The first-order valence-corrected chi connectivity index (χ1v) is 49.5. The number of phenols is 2. The van der Waals surface area contributed by atoms with E-state index in [4.69, 9.17) is 32.3 Å². The zero-order valence-electron chi connectivity index (χ0n) is 57.3. The smallest absolute Gasteiger partial charge is 0.397 e. The molecule has 1 atom stereocenters. The van der Waals surface area contributed by atoms with Gasteiger partial charge in [-0.1, -0.05) is 21.6 Å². The summed E-state index contributed by atoms with van der Waals surface area (Å²) in [5.74, 6) is -6.61. The summed E-state index contributed by atoms with van der Waals surface area (Å²) >= 11 is 12.4. The van der Waals surface area contributed by atoms with Gasteiger partial charge in [0.25, 0.3) is 40.5 Å². The van der Waals surface area contributed by atoms with Gasteiger partial charge in [0.2, 0.25) is 34.4 Å². The summed E-state index contributed by atoms with van der Waals surface area (Å²) in [7, 11) is -45.3. The van der Waals surface area contributed by atoms with E-state index in [2.05, 4.69) is 80.0 Å². The molecule has 0 spiro atoms. The second-order valence-electron chi connectivity index (χ2n) is 23.4. The van der Waals surface area contributed by atoms with E-state index in [1.54, 1.807) is 0 Å². The molecule has 44 nitrogen and oxygen atoms in total. The normalized spacial score (nSPS) is 14.2. The van der Waals surface area contributed by atoms with Crippen LogP contribution in [0.2, 0.25) is 10.6 Å².